The van der Waals surface area contributed by atoms with E-state index in [-0.39, 0.29) is 11.7 Å². The number of rotatable bonds is 2. The van der Waals surface area contributed by atoms with Gasteiger partial charge in [0.05, 0.1) is 11.1 Å². The van der Waals surface area contributed by atoms with Crippen LogP contribution in [0.2, 0.25) is 0 Å². The van der Waals surface area contributed by atoms with Crippen LogP contribution in [0.1, 0.15) is 15.9 Å². The first-order valence-electron chi connectivity index (χ1n) is 4.88. The van der Waals surface area contributed by atoms with E-state index in [9.17, 15) is 4.79 Å². The molecule has 2 aromatic heterocycles. The Labute approximate surface area is 97.8 Å². The van der Waals surface area contributed by atoms with E-state index in [1.165, 1.54) is 12.4 Å². The lowest BCUT2D eigenvalue weighted by molar-refractivity contribution is 0.102. The molecule has 0 saturated carbocycles. The number of anilines is 1. The fourth-order valence-corrected chi connectivity index (χ4v) is 1.27. The van der Waals surface area contributed by atoms with Crippen LogP contribution in [-0.4, -0.2) is 15.9 Å². The van der Waals surface area contributed by atoms with Crippen LogP contribution in [0.5, 0.6) is 0 Å². The summed E-state index contributed by atoms with van der Waals surface area (Å²) >= 11 is 0. The number of nitrogens with one attached hydrogen (secondary N) is 1. The molecule has 0 atom stereocenters. The molecule has 1 amide bonds. The molecule has 1 N–H and O–H groups in total. The SMILES string of the molecule is N#Cc1cccnc1NC(=O)c1cccnc1. The van der Waals surface area contributed by atoms with Crippen molar-refractivity contribution in [3.8, 4) is 6.07 Å². The van der Waals surface area contributed by atoms with Crippen LogP contribution in [0.3, 0.4) is 0 Å². The Hall–Kier alpha value is -2.74. The quantitative estimate of drug-likeness (QED) is 0.840. The standard InChI is InChI=1S/C12H8N4O/c13-7-9-3-2-6-15-11(9)16-12(17)10-4-1-5-14-8-10/h1-6,8H,(H,15,16,17). The zero-order valence-corrected chi connectivity index (χ0v) is 8.79. The number of carbonyl (C=O) groups excluding carboxylic acids is 1. The number of nitrogens with zero attached hydrogens (tertiary/aromatic N) is 3. The van der Waals surface area contributed by atoms with Crippen molar-refractivity contribution in [2.24, 2.45) is 0 Å². The Bertz CT molecular complexity index is 575. The summed E-state index contributed by atoms with van der Waals surface area (Å²) in [6, 6.07) is 8.49. The summed E-state index contributed by atoms with van der Waals surface area (Å²) in [7, 11) is 0. The predicted octanol–water partition coefficient (Wildman–Crippen LogP) is 1.60. The van der Waals surface area contributed by atoms with Gasteiger partial charge in [0.2, 0.25) is 0 Å². The predicted molar refractivity (Wildman–Crippen MR) is 61.1 cm³/mol. The fraction of sp³-hybridized carbons (Fsp3) is 0. The van der Waals surface area contributed by atoms with Crippen molar-refractivity contribution in [2.45, 2.75) is 0 Å². The highest BCUT2D eigenvalue weighted by Crippen LogP contribution is 2.11. The zero-order valence-electron chi connectivity index (χ0n) is 8.79. The average Bonchev–Trinajstić information content (AvgIpc) is 2.40. The molecular formula is C12H8N4O. The molecule has 17 heavy (non-hydrogen) atoms. The topological polar surface area (TPSA) is 78.7 Å². The number of hydrogen-bond donors (Lipinski definition) is 1. The minimum Gasteiger partial charge on any atom is -0.305 e. The van der Waals surface area contributed by atoms with E-state index in [0.29, 0.717) is 11.1 Å². The molecule has 0 aliphatic carbocycles. The van der Waals surface area contributed by atoms with Gasteiger partial charge in [-0.2, -0.15) is 5.26 Å². The maximum Gasteiger partial charge on any atom is 0.258 e. The summed E-state index contributed by atoms with van der Waals surface area (Å²) in [6.45, 7) is 0. The summed E-state index contributed by atoms with van der Waals surface area (Å²) in [4.78, 5) is 19.6. The maximum atomic E-state index is 11.8. The first-order valence-corrected chi connectivity index (χ1v) is 4.88. The molecule has 0 fully saturated rings. The Kier molecular flexibility index (Phi) is 3.08. The summed E-state index contributed by atoms with van der Waals surface area (Å²) in [5, 5.41) is 11.4. The minimum atomic E-state index is -0.340. The van der Waals surface area contributed by atoms with Crippen LogP contribution in [0.15, 0.2) is 42.9 Å². The molecule has 0 aliphatic rings. The van der Waals surface area contributed by atoms with Gasteiger partial charge < -0.3 is 5.32 Å². The maximum absolute atomic E-state index is 11.8. The first-order chi connectivity index (χ1) is 8.31. The molecular weight excluding hydrogens is 216 g/mol. The van der Waals surface area contributed by atoms with Gasteiger partial charge in [0.15, 0.2) is 5.82 Å². The van der Waals surface area contributed by atoms with E-state index >= 15 is 0 Å². The Morgan fingerprint density at radius 3 is 2.82 bits per heavy atom. The summed E-state index contributed by atoms with van der Waals surface area (Å²) in [6.07, 6.45) is 4.54. The third kappa shape index (κ3) is 2.44. The fourth-order valence-electron chi connectivity index (χ4n) is 1.27. The highest BCUT2D eigenvalue weighted by molar-refractivity contribution is 6.04. The molecule has 2 rings (SSSR count). The van der Waals surface area contributed by atoms with E-state index in [1.54, 1.807) is 30.5 Å². The van der Waals surface area contributed by atoms with E-state index in [4.69, 9.17) is 5.26 Å². The van der Waals surface area contributed by atoms with Gasteiger partial charge in [-0.1, -0.05) is 0 Å². The van der Waals surface area contributed by atoms with Gasteiger partial charge in [-0.15, -0.1) is 0 Å². The van der Waals surface area contributed by atoms with Crippen molar-refractivity contribution in [2.75, 3.05) is 5.32 Å². The normalized spacial score (nSPS) is 9.35. The van der Waals surface area contributed by atoms with Crippen LogP contribution in [0, 0.1) is 11.3 Å². The van der Waals surface area contributed by atoms with Crippen molar-refractivity contribution >= 4 is 11.7 Å². The molecule has 2 aromatic rings. The molecule has 2 heterocycles. The van der Waals surface area contributed by atoms with Gasteiger partial charge in [0.1, 0.15) is 6.07 Å². The van der Waals surface area contributed by atoms with Gasteiger partial charge in [-0.25, -0.2) is 4.98 Å². The molecule has 0 aliphatic heterocycles. The van der Waals surface area contributed by atoms with E-state index < -0.39 is 0 Å². The number of amides is 1. The minimum absolute atomic E-state index is 0.254. The third-order valence-corrected chi connectivity index (χ3v) is 2.08. The van der Waals surface area contributed by atoms with E-state index in [2.05, 4.69) is 15.3 Å². The Morgan fingerprint density at radius 1 is 1.29 bits per heavy atom. The van der Waals surface area contributed by atoms with E-state index in [1.807, 2.05) is 6.07 Å². The van der Waals surface area contributed by atoms with Gasteiger partial charge in [-0.3, -0.25) is 9.78 Å². The van der Waals surface area contributed by atoms with Crippen LogP contribution in [-0.2, 0) is 0 Å². The van der Waals surface area contributed by atoms with Gasteiger partial charge in [0, 0.05) is 18.6 Å². The molecule has 82 valence electrons. The second-order valence-corrected chi connectivity index (χ2v) is 3.21. The summed E-state index contributed by atoms with van der Waals surface area (Å²) in [5.74, 6) is -0.0860. The molecule has 0 spiro atoms. The largest absolute Gasteiger partial charge is 0.305 e. The molecule has 0 aromatic carbocycles. The van der Waals surface area contributed by atoms with Crippen molar-refractivity contribution in [3.05, 3.63) is 54.0 Å². The molecule has 0 saturated heterocycles. The second kappa shape index (κ2) is 4.86. The number of carbonyl (C=O) groups is 1. The number of pyridine rings is 2. The smallest absolute Gasteiger partial charge is 0.258 e. The molecule has 0 bridgehead atoms. The second-order valence-electron chi connectivity index (χ2n) is 3.21. The van der Waals surface area contributed by atoms with Crippen LogP contribution >= 0.6 is 0 Å². The zero-order chi connectivity index (χ0) is 12.1. The lowest BCUT2D eigenvalue weighted by Gasteiger charge is -2.04. The third-order valence-electron chi connectivity index (χ3n) is 2.08. The Balaban J connectivity index is 2.23. The number of hydrogen-bond acceptors (Lipinski definition) is 4. The monoisotopic (exact) mass is 224 g/mol. The summed E-state index contributed by atoms with van der Waals surface area (Å²) < 4.78 is 0. The Morgan fingerprint density at radius 2 is 2.12 bits per heavy atom. The average molecular weight is 224 g/mol. The van der Waals surface area contributed by atoms with Crippen molar-refractivity contribution < 1.29 is 4.79 Å². The van der Waals surface area contributed by atoms with Crippen molar-refractivity contribution in [1.29, 1.82) is 5.26 Å². The van der Waals surface area contributed by atoms with Crippen LogP contribution in [0.25, 0.3) is 0 Å². The van der Waals surface area contributed by atoms with Crippen LogP contribution < -0.4 is 5.32 Å². The highest BCUT2D eigenvalue weighted by Gasteiger charge is 2.09. The van der Waals surface area contributed by atoms with Crippen molar-refractivity contribution in [3.63, 3.8) is 0 Å². The molecule has 5 nitrogen and oxygen atoms in total. The lowest BCUT2D eigenvalue weighted by Crippen LogP contribution is -2.14. The highest BCUT2D eigenvalue weighted by atomic mass is 16.1. The summed E-state index contributed by atoms with van der Waals surface area (Å²) in [5.41, 5.74) is 0.742. The number of nitriles is 1. The molecule has 5 heteroatoms. The molecule has 0 radical (unpaired) electrons. The van der Waals surface area contributed by atoms with Gasteiger partial charge in [-0.05, 0) is 24.3 Å². The van der Waals surface area contributed by atoms with Crippen LogP contribution in [0.4, 0.5) is 5.82 Å². The van der Waals surface area contributed by atoms with Gasteiger partial charge >= 0.3 is 0 Å². The first kappa shape index (κ1) is 10.8. The van der Waals surface area contributed by atoms with Crippen molar-refractivity contribution in [1.82, 2.24) is 9.97 Å². The lowest BCUT2D eigenvalue weighted by atomic mass is 10.2. The molecule has 0 unspecified atom stereocenters. The number of aromatic nitrogens is 2. The van der Waals surface area contributed by atoms with Gasteiger partial charge in [0.25, 0.3) is 5.91 Å². The van der Waals surface area contributed by atoms with E-state index in [0.717, 1.165) is 0 Å².